The average molecular weight is 445 g/mol. The number of halogens is 8. The van der Waals surface area contributed by atoms with Crippen LogP contribution in [0.3, 0.4) is 0 Å². The van der Waals surface area contributed by atoms with Crippen molar-refractivity contribution in [1.29, 1.82) is 0 Å². The molecule has 12 heteroatoms. The molecule has 1 aromatic carbocycles. The van der Waals surface area contributed by atoms with Gasteiger partial charge in [0.25, 0.3) is 0 Å². The maximum atomic E-state index is 14.3. The molecule has 2 rings (SSSR count). The van der Waals surface area contributed by atoms with Crippen molar-refractivity contribution in [3.8, 4) is 0 Å². The van der Waals surface area contributed by atoms with Crippen molar-refractivity contribution in [3.05, 3.63) is 41.2 Å². The van der Waals surface area contributed by atoms with E-state index in [1.165, 1.54) is 13.8 Å². The molecule has 1 N–H and O–H groups in total. The van der Waals surface area contributed by atoms with E-state index in [2.05, 4.69) is 4.74 Å². The zero-order chi connectivity index (χ0) is 23.2. The summed E-state index contributed by atoms with van der Waals surface area (Å²) in [6, 6.07) is 0.984. The molecule has 0 spiro atoms. The lowest BCUT2D eigenvalue weighted by atomic mass is 10.1. The number of esters is 1. The summed E-state index contributed by atoms with van der Waals surface area (Å²) in [6.07, 6.45) is -9.91. The van der Waals surface area contributed by atoms with Gasteiger partial charge >= 0.3 is 18.3 Å². The fourth-order valence-corrected chi connectivity index (χ4v) is 3.00. The Morgan fingerprint density at radius 1 is 1.10 bits per heavy atom. The second-order valence-corrected chi connectivity index (χ2v) is 7.24. The number of allylic oxidation sites excluding steroid dienone is 2. The molecule has 0 heterocycles. The van der Waals surface area contributed by atoms with E-state index in [1.807, 2.05) is 5.32 Å². The Hall–Kier alpha value is -2.66. The van der Waals surface area contributed by atoms with E-state index >= 15 is 0 Å². The van der Waals surface area contributed by atoms with E-state index in [9.17, 15) is 44.7 Å². The molecule has 0 saturated heterocycles. The first-order chi connectivity index (χ1) is 13.5. The standard InChI is InChI=1S/C18H15F8NO3/c1-7(28)27-10-5-4-8(13(20)14(10)21)18(25,26)30-15(29)12-9(16(12,2)3)6-11(19)17(22,23)24/h4-6,9,12H,1-3H3,(H,27,28). The quantitative estimate of drug-likeness (QED) is 0.501. The highest BCUT2D eigenvalue weighted by atomic mass is 19.4. The zero-order valence-electron chi connectivity index (χ0n) is 15.6. The molecule has 1 amide bonds. The number of hydrogen-bond donors (Lipinski definition) is 1. The molecule has 1 fully saturated rings. The van der Waals surface area contributed by atoms with Crippen LogP contribution in [0.4, 0.5) is 40.8 Å². The summed E-state index contributed by atoms with van der Waals surface area (Å²) in [5.41, 5.74) is -3.74. The normalized spacial score (nSPS) is 21.2. The molecular formula is C18H15F8NO3. The van der Waals surface area contributed by atoms with E-state index in [-0.39, 0.29) is 6.08 Å². The minimum atomic E-state index is -5.31. The minimum absolute atomic E-state index is 0.0898. The predicted octanol–water partition coefficient (Wildman–Crippen LogP) is 5.20. The largest absolute Gasteiger partial charge is 0.442 e. The van der Waals surface area contributed by atoms with Gasteiger partial charge in [-0.05, 0) is 29.5 Å². The highest BCUT2D eigenvalue weighted by Crippen LogP contribution is 2.61. The number of benzene rings is 1. The Kier molecular flexibility index (Phi) is 5.94. The lowest BCUT2D eigenvalue weighted by Gasteiger charge is -2.19. The molecule has 0 aromatic heterocycles. The molecule has 4 nitrogen and oxygen atoms in total. The van der Waals surface area contributed by atoms with Gasteiger partial charge in [0.2, 0.25) is 5.91 Å². The monoisotopic (exact) mass is 445 g/mol. The van der Waals surface area contributed by atoms with Gasteiger partial charge in [0.05, 0.1) is 11.6 Å². The lowest BCUT2D eigenvalue weighted by Crippen LogP contribution is -2.26. The van der Waals surface area contributed by atoms with Crippen LogP contribution < -0.4 is 5.32 Å². The van der Waals surface area contributed by atoms with Crippen molar-refractivity contribution in [3.63, 3.8) is 0 Å². The third-order valence-electron chi connectivity index (χ3n) is 4.70. The summed E-state index contributed by atoms with van der Waals surface area (Å²) in [4.78, 5) is 22.9. The number of alkyl halides is 5. The molecule has 2 atom stereocenters. The molecule has 166 valence electrons. The van der Waals surface area contributed by atoms with Crippen LogP contribution in [0.5, 0.6) is 0 Å². The summed E-state index contributed by atoms with van der Waals surface area (Å²) in [5.74, 6) is -11.9. The van der Waals surface area contributed by atoms with Crippen LogP contribution in [0.25, 0.3) is 0 Å². The Morgan fingerprint density at radius 2 is 1.67 bits per heavy atom. The Morgan fingerprint density at radius 3 is 2.17 bits per heavy atom. The summed E-state index contributed by atoms with van der Waals surface area (Å²) < 4.78 is 110. The van der Waals surface area contributed by atoms with Gasteiger partial charge in [-0.3, -0.25) is 9.59 Å². The maximum Gasteiger partial charge on any atom is 0.442 e. The molecule has 1 aliphatic rings. The fourth-order valence-electron chi connectivity index (χ4n) is 3.00. The number of nitrogens with one attached hydrogen (secondary N) is 1. The van der Waals surface area contributed by atoms with Crippen molar-refractivity contribution in [2.45, 2.75) is 33.1 Å². The van der Waals surface area contributed by atoms with Gasteiger partial charge in [0, 0.05) is 6.92 Å². The first kappa shape index (κ1) is 23.6. The van der Waals surface area contributed by atoms with Crippen LogP contribution in [-0.4, -0.2) is 18.1 Å². The first-order valence-corrected chi connectivity index (χ1v) is 8.31. The van der Waals surface area contributed by atoms with Gasteiger partial charge in [-0.2, -0.15) is 22.0 Å². The first-order valence-electron chi connectivity index (χ1n) is 8.31. The lowest BCUT2D eigenvalue weighted by molar-refractivity contribution is -0.243. The van der Waals surface area contributed by atoms with Crippen molar-refractivity contribution >= 4 is 17.6 Å². The third kappa shape index (κ3) is 4.57. The second-order valence-electron chi connectivity index (χ2n) is 7.24. The Bertz CT molecular complexity index is 907. The summed E-state index contributed by atoms with van der Waals surface area (Å²) in [5, 5.41) is 1.87. The molecule has 30 heavy (non-hydrogen) atoms. The number of hydrogen-bond acceptors (Lipinski definition) is 3. The number of carbonyl (C=O) groups excluding carboxylic acids is 2. The minimum Gasteiger partial charge on any atom is -0.397 e. The predicted molar refractivity (Wildman–Crippen MR) is 86.7 cm³/mol. The highest BCUT2D eigenvalue weighted by molar-refractivity contribution is 5.88. The van der Waals surface area contributed by atoms with Gasteiger partial charge in [-0.1, -0.05) is 13.8 Å². The number of amides is 1. The molecule has 0 aliphatic heterocycles. The number of carbonyl (C=O) groups is 2. The Balaban J connectivity index is 2.24. The van der Waals surface area contributed by atoms with E-state index in [4.69, 9.17) is 0 Å². The van der Waals surface area contributed by atoms with E-state index in [1.54, 1.807) is 0 Å². The van der Waals surface area contributed by atoms with E-state index in [0.717, 1.165) is 6.92 Å². The Labute approximate surface area is 164 Å². The average Bonchev–Trinajstić information content (AvgIpc) is 3.10. The van der Waals surface area contributed by atoms with Crippen LogP contribution in [0, 0.1) is 28.9 Å². The topological polar surface area (TPSA) is 55.4 Å². The molecule has 0 bridgehead atoms. The highest BCUT2D eigenvalue weighted by Gasteiger charge is 2.63. The van der Waals surface area contributed by atoms with Crippen molar-refractivity contribution in [1.82, 2.24) is 0 Å². The maximum absolute atomic E-state index is 14.3. The van der Waals surface area contributed by atoms with Gasteiger partial charge < -0.3 is 10.1 Å². The van der Waals surface area contributed by atoms with Crippen molar-refractivity contribution in [2.24, 2.45) is 17.3 Å². The smallest absolute Gasteiger partial charge is 0.397 e. The second kappa shape index (κ2) is 7.55. The van der Waals surface area contributed by atoms with Gasteiger partial charge in [0.1, 0.15) is 5.56 Å². The summed E-state index contributed by atoms with van der Waals surface area (Å²) >= 11 is 0. The molecule has 1 saturated carbocycles. The fraction of sp³-hybridized carbons (Fsp3) is 0.444. The van der Waals surface area contributed by atoms with Crippen LogP contribution in [0.1, 0.15) is 26.3 Å². The van der Waals surface area contributed by atoms with Crippen molar-refractivity contribution in [2.75, 3.05) is 5.32 Å². The SMILES string of the molecule is CC(=O)Nc1ccc(C(F)(F)OC(=O)C2C(C=C(F)C(F)(F)F)C2(C)C)c(F)c1F. The van der Waals surface area contributed by atoms with E-state index < -0.39 is 70.1 Å². The molecular weight excluding hydrogens is 430 g/mol. The van der Waals surface area contributed by atoms with Gasteiger partial charge in [0.15, 0.2) is 17.5 Å². The number of rotatable bonds is 5. The van der Waals surface area contributed by atoms with E-state index in [0.29, 0.717) is 12.1 Å². The molecule has 0 radical (unpaired) electrons. The molecule has 2 unspecified atom stereocenters. The van der Waals surface area contributed by atoms with Crippen molar-refractivity contribution < 1.29 is 49.4 Å². The van der Waals surface area contributed by atoms with Crippen LogP contribution in [0.15, 0.2) is 24.0 Å². The van der Waals surface area contributed by atoms with Crippen LogP contribution in [0.2, 0.25) is 0 Å². The molecule has 1 aromatic rings. The van der Waals surface area contributed by atoms with Gasteiger partial charge in [-0.25, -0.2) is 13.2 Å². The molecule has 1 aliphatic carbocycles. The third-order valence-corrected chi connectivity index (χ3v) is 4.70. The van der Waals surface area contributed by atoms with Gasteiger partial charge in [-0.15, -0.1) is 0 Å². The van der Waals surface area contributed by atoms with Crippen LogP contribution in [-0.2, 0) is 20.4 Å². The summed E-state index contributed by atoms with van der Waals surface area (Å²) in [6.45, 7) is 3.42. The number of anilines is 1. The number of ether oxygens (including phenoxy) is 1. The summed E-state index contributed by atoms with van der Waals surface area (Å²) in [7, 11) is 0. The van der Waals surface area contributed by atoms with Crippen LogP contribution >= 0.6 is 0 Å². The zero-order valence-corrected chi connectivity index (χ0v) is 15.6.